The first-order chi connectivity index (χ1) is 13.5. The van der Waals surface area contributed by atoms with Crippen molar-refractivity contribution in [2.24, 2.45) is 10.9 Å². The van der Waals surface area contributed by atoms with Gasteiger partial charge in [0.05, 0.1) is 6.54 Å². The third kappa shape index (κ3) is 6.67. The maximum absolute atomic E-state index is 5.05. The predicted molar refractivity (Wildman–Crippen MR) is 131 cm³/mol. The SMILES string of the molecule is CCNC(=NCC(C)(C)N1CCCC(C)C1)N1CCN(c2ncccn2)CC1.I. The van der Waals surface area contributed by atoms with Crippen LogP contribution in [0.3, 0.4) is 0 Å². The number of nitrogens with zero attached hydrogens (tertiary/aromatic N) is 6. The van der Waals surface area contributed by atoms with Gasteiger partial charge < -0.3 is 15.1 Å². The molecule has 164 valence electrons. The first-order valence-corrected chi connectivity index (χ1v) is 10.8. The lowest BCUT2D eigenvalue weighted by molar-refractivity contribution is 0.0772. The van der Waals surface area contributed by atoms with Crippen LogP contribution in [0.15, 0.2) is 23.5 Å². The quantitative estimate of drug-likeness (QED) is 0.370. The van der Waals surface area contributed by atoms with Gasteiger partial charge in [-0.1, -0.05) is 6.92 Å². The summed E-state index contributed by atoms with van der Waals surface area (Å²) >= 11 is 0. The van der Waals surface area contributed by atoms with Crippen LogP contribution in [-0.4, -0.2) is 83.6 Å². The molecule has 1 aromatic heterocycles. The number of hydrogen-bond donors (Lipinski definition) is 1. The molecule has 0 aliphatic carbocycles. The van der Waals surface area contributed by atoms with Gasteiger partial charge in [-0.3, -0.25) is 9.89 Å². The van der Waals surface area contributed by atoms with Gasteiger partial charge in [-0.25, -0.2) is 9.97 Å². The van der Waals surface area contributed by atoms with Gasteiger partial charge in [0, 0.05) is 57.2 Å². The second-order valence-electron chi connectivity index (χ2n) is 8.70. The minimum absolute atomic E-state index is 0. The van der Waals surface area contributed by atoms with E-state index in [4.69, 9.17) is 4.99 Å². The van der Waals surface area contributed by atoms with Crippen LogP contribution in [-0.2, 0) is 0 Å². The topological polar surface area (TPSA) is 59.9 Å². The fraction of sp³-hybridized carbons (Fsp3) is 0.762. The van der Waals surface area contributed by atoms with E-state index in [-0.39, 0.29) is 29.5 Å². The van der Waals surface area contributed by atoms with E-state index in [9.17, 15) is 0 Å². The molecule has 0 amide bonds. The van der Waals surface area contributed by atoms with Crippen molar-refractivity contribution in [3.05, 3.63) is 18.5 Å². The van der Waals surface area contributed by atoms with Crippen molar-refractivity contribution in [1.29, 1.82) is 0 Å². The molecule has 2 saturated heterocycles. The van der Waals surface area contributed by atoms with Crippen molar-refractivity contribution >= 4 is 35.9 Å². The van der Waals surface area contributed by atoms with E-state index in [1.54, 1.807) is 0 Å². The number of anilines is 1. The maximum atomic E-state index is 5.05. The molecule has 1 atom stereocenters. The van der Waals surface area contributed by atoms with Crippen molar-refractivity contribution in [1.82, 2.24) is 25.1 Å². The Hall–Kier alpha value is -1.16. The molecule has 0 saturated carbocycles. The van der Waals surface area contributed by atoms with Gasteiger partial charge in [0.15, 0.2) is 5.96 Å². The Bertz CT molecular complexity index is 629. The molecule has 3 rings (SSSR count). The monoisotopic (exact) mass is 515 g/mol. The third-order valence-electron chi connectivity index (χ3n) is 5.88. The van der Waals surface area contributed by atoms with E-state index in [0.717, 1.165) is 57.1 Å². The summed E-state index contributed by atoms with van der Waals surface area (Å²) in [5.74, 6) is 2.65. The number of guanidine groups is 1. The Labute approximate surface area is 193 Å². The maximum Gasteiger partial charge on any atom is 0.225 e. The highest BCUT2D eigenvalue weighted by Gasteiger charge is 2.30. The minimum Gasteiger partial charge on any atom is -0.357 e. The summed E-state index contributed by atoms with van der Waals surface area (Å²) in [5.41, 5.74) is 0.0923. The molecule has 0 bridgehead atoms. The Kier molecular flexibility index (Phi) is 9.39. The number of aromatic nitrogens is 2. The van der Waals surface area contributed by atoms with Gasteiger partial charge in [0.1, 0.15) is 0 Å². The van der Waals surface area contributed by atoms with Crippen molar-refractivity contribution in [3.8, 4) is 0 Å². The number of aliphatic imine (C=N–C) groups is 1. The molecule has 3 heterocycles. The van der Waals surface area contributed by atoms with Crippen LogP contribution in [0.1, 0.15) is 40.5 Å². The number of piperidine rings is 1. The largest absolute Gasteiger partial charge is 0.357 e. The average molecular weight is 515 g/mol. The van der Waals surface area contributed by atoms with Crippen molar-refractivity contribution in [2.45, 2.75) is 46.1 Å². The van der Waals surface area contributed by atoms with Crippen molar-refractivity contribution in [2.75, 3.05) is 57.3 Å². The summed E-state index contributed by atoms with van der Waals surface area (Å²) in [7, 11) is 0. The van der Waals surface area contributed by atoms with E-state index in [1.807, 2.05) is 18.5 Å². The van der Waals surface area contributed by atoms with E-state index < -0.39 is 0 Å². The van der Waals surface area contributed by atoms with Crippen molar-refractivity contribution in [3.63, 3.8) is 0 Å². The molecule has 2 aliphatic heterocycles. The molecule has 7 nitrogen and oxygen atoms in total. The van der Waals surface area contributed by atoms with E-state index in [2.05, 4.69) is 57.7 Å². The third-order valence-corrected chi connectivity index (χ3v) is 5.88. The number of hydrogen-bond acceptors (Lipinski definition) is 5. The molecule has 29 heavy (non-hydrogen) atoms. The highest BCUT2D eigenvalue weighted by molar-refractivity contribution is 14.0. The van der Waals surface area contributed by atoms with Gasteiger partial charge in [0.25, 0.3) is 0 Å². The number of nitrogens with one attached hydrogen (secondary N) is 1. The van der Waals surface area contributed by atoms with Crippen LogP contribution in [0.2, 0.25) is 0 Å². The van der Waals surface area contributed by atoms with E-state index in [1.165, 1.54) is 25.9 Å². The zero-order valence-electron chi connectivity index (χ0n) is 18.5. The molecule has 0 spiro atoms. The van der Waals surface area contributed by atoms with Gasteiger partial charge >= 0.3 is 0 Å². The Morgan fingerprint density at radius 2 is 1.86 bits per heavy atom. The smallest absolute Gasteiger partial charge is 0.225 e. The molecule has 1 unspecified atom stereocenters. The van der Waals surface area contributed by atoms with Crippen molar-refractivity contribution < 1.29 is 0 Å². The average Bonchev–Trinajstić information content (AvgIpc) is 2.72. The van der Waals surface area contributed by atoms with Crippen LogP contribution in [0.4, 0.5) is 5.95 Å². The summed E-state index contributed by atoms with van der Waals surface area (Å²) in [6, 6.07) is 1.86. The minimum atomic E-state index is 0. The molecule has 1 N–H and O–H groups in total. The van der Waals surface area contributed by atoms with Crippen LogP contribution < -0.4 is 10.2 Å². The van der Waals surface area contributed by atoms with Gasteiger partial charge in [-0.2, -0.15) is 0 Å². The van der Waals surface area contributed by atoms with Crippen LogP contribution in [0, 0.1) is 5.92 Å². The number of rotatable bonds is 5. The second-order valence-corrected chi connectivity index (χ2v) is 8.70. The fourth-order valence-corrected chi connectivity index (χ4v) is 4.11. The molecule has 8 heteroatoms. The van der Waals surface area contributed by atoms with Crippen LogP contribution >= 0.6 is 24.0 Å². The van der Waals surface area contributed by atoms with E-state index in [0.29, 0.717) is 0 Å². The molecule has 0 radical (unpaired) electrons. The second kappa shape index (κ2) is 11.3. The first kappa shape index (κ1) is 24.1. The summed E-state index contributed by atoms with van der Waals surface area (Å²) in [5, 5.41) is 3.50. The Morgan fingerprint density at radius 1 is 1.17 bits per heavy atom. The Morgan fingerprint density at radius 3 is 2.48 bits per heavy atom. The van der Waals surface area contributed by atoms with Crippen LogP contribution in [0.5, 0.6) is 0 Å². The highest BCUT2D eigenvalue weighted by Crippen LogP contribution is 2.24. The zero-order valence-corrected chi connectivity index (χ0v) is 20.8. The fourth-order valence-electron chi connectivity index (χ4n) is 4.11. The van der Waals surface area contributed by atoms with Gasteiger partial charge in [-0.05, 0) is 52.1 Å². The van der Waals surface area contributed by atoms with E-state index >= 15 is 0 Å². The normalized spacial score (nSPS) is 21.7. The Balaban J connectivity index is 0.00000300. The first-order valence-electron chi connectivity index (χ1n) is 10.8. The zero-order chi connectivity index (χ0) is 20.0. The summed E-state index contributed by atoms with van der Waals surface area (Å²) < 4.78 is 0. The summed E-state index contributed by atoms with van der Waals surface area (Å²) in [6.07, 6.45) is 6.28. The number of halogens is 1. The molecular formula is C21H38IN7. The molecule has 2 aliphatic rings. The lowest BCUT2D eigenvalue weighted by atomic mass is 9.94. The molecule has 0 aromatic carbocycles. The lowest BCUT2D eigenvalue weighted by Gasteiger charge is -2.42. The number of piperazine rings is 1. The standard InChI is InChI=1S/C21H37N7.HI/c1-5-22-19(25-17-21(3,4)28-11-6-8-18(2)16-28)26-12-14-27(15-13-26)20-23-9-7-10-24-20;/h7,9-10,18H,5-6,8,11-17H2,1-4H3,(H,22,25);1H. The lowest BCUT2D eigenvalue weighted by Crippen LogP contribution is -2.54. The van der Waals surface area contributed by atoms with Gasteiger partial charge in [0.2, 0.25) is 5.95 Å². The molecular weight excluding hydrogens is 477 g/mol. The summed E-state index contributed by atoms with van der Waals surface area (Å²) in [4.78, 5) is 21.1. The predicted octanol–water partition coefficient (Wildman–Crippen LogP) is 2.69. The van der Waals surface area contributed by atoms with Crippen LogP contribution in [0.25, 0.3) is 0 Å². The summed E-state index contributed by atoms with van der Waals surface area (Å²) in [6.45, 7) is 17.0. The highest BCUT2D eigenvalue weighted by atomic mass is 127. The number of likely N-dealkylation sites (tertiary alicyclic amines) is 1. The van der Waals surface area contributed by atoms with Gasteiger partial charge in [-0.15, -0.1) is 24.0 Å². The molecule has 2 fully saturated rings. The molecule has 1 aromatic rings.